The van der Waals surface area contributed by atoms with E-state index in [0.717, 1.165) is 0 Å². The van der Waals surface area contributed by atoms with Gasteiger partial charge in [0, 0.05) is 6.54 Å². The van der Waals surface area contributed by atoms with Crippen molar-refractivity contribution in [3.05, 3.63) is 60.2 Å². The molecule has 162 valence electrons. The van der Waals surface area contributed by atoms with Gasteiger partial charge in [-0.3, -0.25) is 9.59 Å². The molecular formula is C21H24F2N2O4S. The van der Waals surface area contributed by atoms with E-state index in [-0.39, 0.29) is 24.8 Å². The number of hydrogen-bond acceptors (Lipinski definition) is 5. The van der Waals surface area contributed by atoms with Gasteiger partial charge in [-0.2, -0.15) is 20.5 Å². The fourth-order valence-corrected chi connectivity index (χ4v) is 3.02. The lowest BCUT2D eigenvalue weighted by Gasteiger charge is -2.18. The molecule has 30 heavy (non-hydrogen) atoms. The van der Waals surface area contributed by atoms with Crippen LogP contribution in [-0.4, -0.2) is 43.1 Å². The van der Waals surface area contributed by atoms with Gasteiger partial charge in [-0.15, -0.1) is 0 Å². The number of halogens is 2. The molecule has 0 spiro atoms. The van der Waals surface area contributed by atoms with E-state index in [9.17, 15) is 18.4 Å². The molecule has 0 aliphatic carbocycles. The van der Waals surface area contributed by atoms with Crippen molar-refractivity contribution in [2.24, 2.45) is 0 Å². The molecule has 1 atom stereocenters. The Bertz CT molecular complexity index is 809. The first-order chi connectivity index (χ1) is 14.5. The number of benzene rings is 2. The number of alkyl halides is 2. The van der Waals surface area contributed by atoms with Crippen molar-refractivity contribution in [2.75, 3.05) is 18.6 Å². The minimum Gasteiger partial charge on any atom is -0.484 e. The summed E-state index contributed by atoms with van der Waals surface area (Å²) in [7, 11) is 0. The van der Waals surface area contributed by atoms with E-state index in [4.69, 9.17) is 4.74 Å². The van der Waals surface area contributed by atoms with Gasteiger partial charge in [0.25, 0.3) is 5.91 Å². The summed E-state index contributed by atoms with van der Waals surface area (Å²) in [5.74, 6) is 0.478. The van der Waals surface area contributed by atoms with Crippen molar-refractivity contribution >= 4 is 23.6 Å². The lowest BCUT2D eigenvalue weighted by molar-refractivity contribution is -0.130. The highest BCUT2D eigenvalue weighted by atomic mass is 32.2. The van der Waals surface area contributed by atoms with Crippen molar-refractivity contribution in [1.29, 1.82) is 0 Å². The number of ether oxygens (including phenoxy) is 2. The summed E-state index contributed by atoms with van der Waals surface area (Å²) in [4.78, 5) is 24.8. The summed E-state index contributed by atoms with van der Waals surface area (Å²) >= 11 is 1.56. The topological polar surface area (TPSA) is 76.7 Å². The predicted molar refractivity (Wildman–Crippen MR) is 112 cm³/mol. The number of carbonyl (C=O) groups excluding carboxylic acids is 2. The molecule has 0 bridgehead atoms. The van der Waals surface area contributed by atoms with Gasteiger partial charge in [0.15, 0.2) is 6.61 Å². The van der Waals surface area contributed by atoms with Crippen molar-refractivity contribution in [3.8, 4) is 11.5 Å². The second-order valence-corrected chi connectivity index (χ2v) is 7.23. The van der Waals surface area contributed by atoms with Gasteiger partial charge >= 0.3 is 6.61 Å². The summed E-state index contributed by atoms with van der Waals surface area (Å²) < 4.78 is 34.4. The molecule has 6 nitrogen and oxygen atoms in total. The lowest BCUT2D eigenvalue weighted by Crippen LogP contribution is -2.48. The van der Waals surface area contributed by atoms with E-state index < -0.39 is 18.6 Å². The third-order valence-electron chi connectivity index (χ3n) is 3.97. The van der Waals surface area contributed by atoms with Crippen LogP contribution in [0.1, 0.15) is 12.0 Å². The number of hydrogen-bond donors (Lipinski definition) is 2. The van der Waals surface area contributed by atoms with Crippen molar-refractivity contribution in [2.45, 2.75) is 25.6 Å². The molecule has 2 N–H and O–H groups in total. The molecule has 1 unspecified atom stereocenters. The first-order valence-corrected chi connectivity index (χ1v) is 10.6. The molecule has 2 aromatic rings. The Balaban J connectivity index is 1.88. The van der Waals surface area contributed by atoms with Gasteiger partial charge in [0.1, 0.15) is 17.5 Å². The Hall–Kier alpha value is -2.81. The molecule has 2 amide bonds. The highest BCUT2D eigenvalue weighted by molar-refractivity contribution is 7.98. The third-order valence-corrected chi connectivity index (χ3v) is 4.61. The van der Waals surface area contributed by atoms with Gasteiger partial charge in [0.2, 0.25) is 5.91 Å². The molecule has 0 radical (unpaired) electrons. The number of para-hydroxylation sites is 1. The van der Waals surface area contributed by atoms with Crippen LogP contribution >= 0.6 is 11.8 Å². The number of rotatable bonds is 12. The van der Waals surface area contributed by atoms with Crippen LogP contribution in [0.3, 0.4) is 0 Å². The predicted octanol–water partition coefficient (Wildman–Crippen LogP) is 3.22. The average molecular weight is 438 g/mol. The maximum atomic E-state index is 12.6. The van der Waals surface area contributed by atoms with E-state index >= 15 is 0 Å². The number of nitrogens with one attached hydrogen (secondary N) is 2. The SMILES string of the molecule is CSCCC(NC(=O)COc1ccccc1)C(=O)NCc1cccc(OC(F)F)c1. The number of thioether (sulfide) groups is 1. The second-order valence-electron chi connectivity index (χ2n) is 6.25. The van der Waals surface area contributed by atoms with E-state index in [2.05, 4.69) is 15.4 Å². The van der Waals surface area contributed by atoms with E-state index in [1.54, 1.807) is 48.2 Å². The zero-order valence-corrected chi connectivity index (χ0v) is 17.3. The van der Waals surface area contributed by atoms with Crippen LogP contribution in [0.4, 0.5) is 8.78 Å². The molecule has 2 aromatic carbocycles. The maximum Gasteiger partial charge on any atom is 0.387 e. The van der Waals surface area contributed by atoms with Gasteiger partial charge in [-0.1, -0.05) is 30.3 Å². The second kappa shape index (κ2) is 12.7. The van der Waals surface area contributed by atoms with E-state index in [1.807, 2.05) is 12.3 Å². The Morgan fingerprint density at radius 1 is 1.07 bits per heavy atom. The van der Waals surface area contributed by atoms with Gasteiger partial charge in [-0.25, -0.2) is 0 Å². The quantitative estimate of drug-likeness (QED) is 0.532. The molecule has 0 saturated heterocycles. The summed E-state index contributed by atoms with van der Waals surface area (Å²) in [6.07, 6.45) is 2.35. The van der Waals surface area contributed by atoms with Crippen LogP contribution in [0, 0.1) is 0 Å². The maximum absolute atomic E-state index is 12.6. The molecule has 0 aliphatic heterocycles. The summed E-state index contributed by atoms with van der Waals surface area (Å²) in [6, 6.07) is 14.2. The smallest absolute Gasteiger partial charge is 0.387 e. The molecule has 0 aromatic heterocycles. The Kier molecular flexibility index (Phi) is 9.93. The van der Waals surface area contributed by atoms with E-state index in [1.165, 1.54) is 12.1 Å². The van der Waals surface area contributed by atoms with Gasteiger partial charge in [-0.05, 0) is 48.3 Å². The van der Waals surface area contributed by atoms with Crippen molar-refractivity contribution in [3.63, 3.8) is 0 Å². The van der Waals surface area contributed by atoms with Crippen molar-refractivity contribution < 1.29 is 27.8 Å². The summed E-state index contributed by atoms with van der Waals surface area (Å²) in [5, 5.41) is 5.40. The first-order valence-electron chi connectivity index (χ1n) is 9.25. The monoisotopic (exact) mass is 438 g/mol. The molecule has 0 fully saturated rings. The Labute approximate surface area is 178 Å². The van der Waals surface area contributed by atoms with Crippen LogP contribution in [0.15, 0.2) is 54.6 Å². The Morgan fingerprint density at radius 2 is 1.80 bits per heavy atom. The van der Waals surface area contributed by atoms with Gasteiger partial charge < -0.3 is 20.1 Å². The molecular weight excluding hydrogens is 414 g/mol. The van der Waals surface area contributed by atoms with Crippen LogP contribution in [0.2, 0.25) is 0 Å². The Morgan fingerprint density at radius 3 is 2.50 bits per heavy atom. The first kappa shape index (κ1) is 23.5. The molecule has 0 saturated carbocycles. The van der Waals surface area contributed by atoms with Crippen molar-refractivity contribution in [1.82, 2.24) is 10.6 Å². The number of amides is 2. The zero-order chi connectivity index (χ0) is 21.8. The minimum atomic E-state index is -2.92. The zero-order valence-electron chi connectivity index (χ0n) is 16.5. The van der Waals surface area contributed by atoms with Crippen LogP contribution in [-0.2, 0) is 16.1 Å². The number of carbonyl (C=O) groups is 2. The lowest BCUT2D eigenvalue weighted by atomic mass is 10.1. The van der Waals surface area contributed by atoms with E-state index in [0.29, 0.717) is 23.5 Å². The fourth-order valence-electron chi connectivity index (χ4n) is 2.55. The minimum absolute atomic E-state index is 0.0158. The van der Waals surface area contributed by atoms with Crippen LogP contribution in [0.25, 0.3) is 0 Å². The molecule has 0 heterocycles. The fraction of sp³-hybridized carbons (Fsp3) is 0.333. The normalized spacial score (nSPS) is 11.6. The van der Waals surface area contributed by atoms with Gasteiger partial charge in [0.05, 0.1) is 0 Å². The highest BCUT2D eigenvalue weighted by Crippen LogP contribution is 2.16. The summed E-state index contributed by atoms with van der Waals surface area (Å²) in [5.41, 5.74) is 0.601. The van der Waals surface area contributed by atoms with Crippen LogP contribution < -0.4 is 20.1 Å². The molecule has 9 heteroatoms. The molecule has 0 aliphatic rings. The molecule has 2 rings (SSSR count). The summed E-state index contributed by atoms with van der Waals surface area (Å²) in [6.45, 7) is -3.01. The largest absolute Gasteiger partial charge is 0.484 e. The standard InChI is InChI=1S/C21H24F2N2O4S/c1-30-11-10-18(25-19(26)14-28-16-7-3-2-4-8-16)20(27)24-13-15-6-5-9-17(12-15)29-21(22)23/h2-9,12,18,21H,10-11,13-14H2,1H3,(H,24,27)(H,25,26). The average Bonchev–Trinajstić information content (AvgIpc) is 2.74. The third kappa shape index (κ3) is 8.69. The highest BCUT2D eigenvalue weighted by Gasteiger charge is 2.20. The van der Waals surface area contributed by atoms with Crippen LogP contribution in [0.5, 0.6) is 11.5 Å².